The number of hydrogen-bond donors (Lipinski definition) is 0. The molecule has 1 atom stereocenters. The summed E-state index contributed by atoms with van der Waals surface area (Å²) in [4.78, 5) is 35.6. The fraction of sp³-hybridized carbons (Fsp3) is 0.240. The molecule has 0 radical (unpaired) electrons. The molecule has 170 valence electrons. The molecule has 5 rings (SSSR count). The van der Waals surface area contributed by atoms with Gasteiger partial charge in [-0.15, -0.1) is 0 Å². The third kappa shape index (κ3) is 3.85. The first-order valence-electron chi connectivity index (χ1n) is 10.9. The highest BCUT2D eigenvalue weighted by molar-refractivity contribution is 9.10. The second kappa shape index (κ2) is 8.97. The van der Waals surface area contributed by atoms with Gasteiger partial charge < -0.3 is 9.30 Å². The number of carbonyl (C=O) groups is 1. The van der Waals surface area contributed by atoms with Gasteiger partial charge in [0, 0.05) is 17.3 Å². The normalized spacial score (nSPS) is 16.3. The maximum Gasteiger partial charge on any atom is 0.280 e. The third-order valence-electron chi connectivity index (χ3n) is 5.95. The number of carbonyl (C=O) groups excluding carboxylic acids is 1. The number of hydrogen-bond acceptors (Lipinski definition) is 5. The van der Waals surface area contributed by atoms with Crippen LogP contribution in [0.1, 0.15) is 34.3 Å². The number of ether oxygens (including phenoxy) is 1. The first-order chi connectivity index (χ1) is 16.5. The van der Waals surface area contributed by atoms with Crippen molar-refractivity contribution in [3.8, 4) is 6.07 Å². The predicted octanol–water partition coefficient (Wildman–Crippen LogP) is 3.51. The number of amides is 1. The van der Waals surface area contributed by atoms with Crippen LogP contribution in [-0.4, -0.2) is 32.6 Å². The van der Waals surface area contributed by atoms with Gasteiger partial charge >= 0.3 is 0 Å². The molecule has 0 saturated carbocycles. The molecule has 34 heavy (non-hydrogen) atoms. The number of pyridine rings is 2. The van der Waals surface area contributed by atoms with Crippen molar-refractivity contribution >= 4 is 38.5 Å². The Hall–Kier alpha value is -3.61. The highest BCUT2D eigenvalue weighted by Crippen LogP contribution is 2.19. The van der Waals surface area contributed by atoms with Crippen LogP contribution in [0.4, 0.5) is 0 Å². The van der Waals surface area contributed by atoms with Crippen LogP contribution in [0, 0.1) is 18.3 Å². The van der Waals surface area contributed by atoms with Gasteiger partial charge in [0.1, 0.15) is 17.4 Å². The molecule has 4 heterocycles. The Balaban J connectivity index is 1.86. The Bertz CT molecular complexity index is 1620. The van der Waals surface area contributed by atoms with Gasteiger partial charge in [0.2, 0.25) is 0 Å². The molecule has 0 bridgehead atoms. The highest BCUT2D eigenvalue weighted by Gasteiger charge is 2.21. The van der Waals surface area contributed by atoms with Crippen LogP contribution >= 0.6 is 15.9 Å². The van der Waals surface area contributed by atoms with Crippen molar-refractivity contribution in [2.75, 3.05) is 6.61 Å². The van der Waals surface area contributed by atoms with Crippen LogP contribution < -0.4 is 11.0 Å². The highest BCUT2D eigenvalue weighted by atomic mass is 79.9. The minimum atomic E-state index is -0.502. The lowest BCUT2D eigenvalue weighted by atomic mass is 10.2. The zero-order chi connectivity index (χ0) is 23.8. The van der Waals surface area contributed by atoms with Crippen LogP contribution in [0.3, 0.4) is 0 Å². The lowest BCUT2D eigenvalue weighted by Gasteiger charge is -2.17. The van der Waals surface area contributed by atoms with Gasteiger partial charge in [0.05, 0.1) is 29.2 Å². The number of benzene rings is 1. The minimum absolute atomic E-state index is 0.123. The SMILES string of the molecule is Cc1cccn2c(=O)c3cc(C#N)c(=NC(=O)c4ccccc4Br)n(C[C@@H]4CCCO4)c3nc12. The van der Waals surface area contributed by atoms with Gasteiger partial charge in [-0.3, -0.25) is 14.0 Å². The number of rotatable bonds is 3. The molecular formula is C25H20BrN5O3. The van der Waals surface area contributed by atoms with E-state index in [0.29, 0.717) is 34.5 Å². The number of nitriles is 1. The van der Waals surface area contributed by atoms with E-state index in [0.717, 1.165) is 18.4 Å². The van der Waals surface area contributed by atoms with Gasteiger partial charge in [-0.1, -0.05) is 18.2 Å². The van der Waals surface area contributed by atoms with Crippen molar-refractivity contribution in [3.63, 3.8) is 0 Å². The summed E-state index contributed by atoms with van der Waals surface area (Å²) in [6, 6.07) is 14.2. The topological polar surface area (TPSA) is 102 Å². The summed E-state index contributed by atoms with van der Waals surface area (Å²) in [6.07, 6.45) is 3.27. The van der Waals surface area contributed by atoms with E-state index in [4.69, 9.17) is 9.72 Å². The molecule has 1 saturated heterocycles. The van der Waals surface area contributed by atoms with Gasteiger partial charge in [-0.05, 0) is 65.5 Å². The maximum atomic E-state index is 13.4. The molecule has 3 aromatic heterocycles. The van der Waals surface area contributed by atoms with Crippen molar-refractivity contribution in [2.45, 2.75) is 32.4 Å². The Morgan fingerprint density at radius 3 is 2.85 bits per heavy atom. The van der Waals surface area contributed by atoms with Gasteiger partial charge in [-0.25, -0.2) is 4.98 Å². The molecular weight excluding hydrogens is 498 g/mol. The summed E-state index contributed by atoms with van der Waals surface area (Å²) in [5.74, 6) is -0.502. The van der Waals surface area contributed by atoms with E-state index in [1.165, 1.54) is 10.5 Å². The van der Waals surface area contributed by atoms with Crippen molar-refractivity contribution in [1.29, 1.82) is 5.26 Å². The molecule has 0 N–H and O–H groups in total. The van der Waals surface area contributed by atoms with E-state index in [1.54, 1.807) is 41.1 Å². The smallest absolute Gasteiger partial charge is 0.280 e. The van der Waals surface area contributed by atoms with E-state index in [9.17, 15) is 14.9 Å². The fourth-order valence-corrected chi connectivity index (χ4v) is 4.70. The van der Waals surface area contributed by atoms with E-state index < -0.39 is 5.91 Å². The monoisotopic (exact) mass is 517 g/mol. The van der Waals surface area contributed by atoms with Gasteiger partial charge in [0.15, 0.2) is 5.49 Å². The average molecular weight is 518 g/mol. The lowest BCUT2D eigenvalue weighted by Crippen LogP contribution is -2.33. The Kier molecular flexibility index (Phi) is 5.86. The van der Waals surface area contributed by atoms with E-state index in [2.05, 4.69) is 27.0 Å². The minimum Gasteiger partial charge on any atom is -0.376 e. The third-order valence-corrected chi connectivity index (χ3v) is 6.64. The predicted molar refractivity (Wildman–Crippen MR) is 129 cm³/mol. The van der Waals surface area contributed by atoms with Crippen LogP contribution in [-0.2, 0) is 11.3 Å². The van der Waals surface area contributed by atoms with Crippen molar-refractivity contribution in [1.82, 2.24) is 14.0 Å². The lowest BCUT2D eigenvalue weighted by molar-refractivity contribution is 0.0952. The summed E-state index contributed by atoms with van der Waals surface area (Å²) < 4.78 is 9.60. The molecule has 0 unspecified atom stereocenters. The summed E-state index contributed by atoms with van der Waals surface area (Å²) in [5.41, 5.74) is 2.08. The fourth-order valence-electron chi connectivity index (χ4n) is 4.25. The largest absolute Gasteiger partial charge is 0.376 e. The van der Waals surface area contributed by atoms with E-state index in [1.807, 2.05) is 13.0 Å². The molecule has 4 aromatic rings. The molecule has 1 aromatic carbocycles. The molecule has 0 aliphatic carbocycles. The molecule has 1 aliphatic heterocycles. The second-order valence-electron chi connectivity index (χ2n) is 8.17. The Morgan fingerprint density at radius 2 is 2.12 bits per heavy atom. The molecule has 0 spiro atoms. The van der Waals surface area contributed by atoms with Crippen molar-refractivity contribution in [3.05, 3.63) is 85.7 Å². The van der Waals surface area contributed by atoms with Gasteiger partial charge in [-0.2, -0.15) is 10.3 Å². The number of nitrogens with zero attached hydrogens (tertiary/aromatic N) is 5. The second-order valence-corrected chi connectivity index (χ2v) is 9.03. The molecule has 1 aliphatic rings. The first-order valence-corrected chi connectivity index (χ1v) is 11.7. The molecule has 1 fully saturated rings. The molecule has 8 nitrogen and oxygen atoms in total. The van der Waals surface area contributed by atoms with Crippen LogP contribution in [0.2, 0.25) is 0 Å². The van der Waals surface area contributed by atoms with Crippen LogP contribution in [0.5, 0.6) is 0 Å². The van der Waals surface area contributed by atoms with E-state index >= 15 is 0 Å². The number of halogens is 1. The number of aryl methyl sites for hydroxylation is 1. The standard InChI is InChI=1S/C25H20BrN5O3/c1-15-6-4-10-30-21(15)28-23-19(25(30)33)12-16(13-27)22(31(23)14-17-7-5-11-34-17)29-24(32)18-8-2-3-9-20(18)26/h2-4,6,8-10,12,17H,5,7,11,14H2,1H3/t17-/m0/s1. The van der Waals surface area contributed by atoms with Crippen molar-refractivity contribution in [2.24, 2.45) is 4.99 Å². The zero-order valence-corrected chi connectivity index (χ0v) is 19.9. The maximum absolute atomic E-state index is 13.4. The van der Waals surface area contributed by atoms with E-state index in [-0.39, 0.29) is 28.1 Å². The van der Waals surface area contributed by atoms with Crippen molar-refractivity contribution < 1.29 is 9.53 Å². The Morgan fingerprint density at radius 1 is 1.29 bits per heavy atom. The average Bonchev–Trinajstić information content (AvgIpc) is 3.35. The first kappa shape index (κ1) is 22.2. The van der Waals surface area contributed by atoms with Crippen LogP contribution in [0.15, 0.2) is 62.9 Å². The zero-order valence-electron chi connectivity index (χ0n) is 18.4. The van der Waals surface area contributed by atoms with Gasteiger partial charge in [0.25, 0.3) is 11.5 Å². The molecule has 9 heteroatoms. The number of fused-ring (bicyclic) bond motifs is 2. The number of aromatic nitrogens is 3. The summed E-state index contributed by atoms with van der Waals surface area (Å²) in [7, 11) is 0. The Labute approximate surface area is 202 Å². The quantitative estimate of drug-likeness (QED) is 0.387. The van der Waals surface area contributed by atoms with Crippen LogP contribution in [0.25, 0.3) is 16.7 Å². The summed E-state index contributed by atoms with van der Waals surface area (Å²) >= 11 is 3.39. The summed E-state index contributed by atoms with van der Waals surface area (Å²) in [6.45, 7) is 2.84. The molecule has 1 amide bonds. The summed E-state index contributed by atoms with van der Waals surface area (Å²) in [5, 5.41) is 10.2.